The lowest BCUT2D eigenvalue weighted by atomic mass is 9.86. The Hall–Kier alpha value is -0.430. The summed E-state index contributed by atoms with van der Waals surface area (Å²) >= 11 is 1.27. The van der Waals surface area contributed by atoms with Gasteiger partial charge in [-0.1, -0.05) is 27.7 Å². The van der Waals surface area contributed by atoms with E-state index in [9.17, 15) is 8.42 Å². The molecule has 116 valence electrons. The van der Waals surface area contributed by atoms with Gasteiger partial charge in [-0.3, -0.25) is 0 Å². The molecule has 2 N–H and O–H groups in total. The van der Waals surface area contributed by atoms with Gasteiger partial charge < -0.3 is 5.32 Å². The third-order valence-corrected chi connectivity index (χ3v) is 6.41. The number of rotatable bonds is 8. The molecule has 6 heteroatoms. The Balaban J connectivity index is 2.73. The first-order valence-corrected chi connectivity index (χ1v) is 9.36. The number of thiophene rings is 1. The molecule has 0 aliphatic heterocycles. The van der Waals surface area contributed by atoms with Crippen molar-refractivity contribution >= 4 is 21.4 Å². The van der Waals surface area contributed by atoms with Gasteiger partial charge in [-0.15, -0.1) is 11.3 Å². The van der Waals surface area contributed by atoms with Crippen LogP contribution in [0.15, 0.2) is 15.7 Å². The predicted octanol–water partition coefficient (Wildman–Crippen LogP) is 2.67. The molecule has 0 unspecified atom stereocenters. The molecular weight excluding hydrogens is 292 g/mol. The lowest BCUT2D eigenvalue weighted by Crippen LogP contribution is -2.33. The van der Waals surface area contributed by atoms with Crippen LogP contribution in [0.3, 0.4) is 0 Å². The summed E-state index contributed by atoms with van der Waals surface area (Å²) in [6.07, 6.45) is 0. The largest absolute Gasteiger partial charge is 0.316 e. The standard InChI is InChI=1S/C14H26N2O2S2/c1-10(2)13(11(3)4)8-16-20(17,18)14-6-12(7-15-5)9-19-14/h6,9-11,13,15-16H,7-8H2,1-5H3. The molecule has 1 rings (SSSR count). The van der Waals surface area contributed by atoms with Crippen LogP contribution in [0.1, 0.15) is 33.3 Å². The first kappa shape index (κ1) is 17.6. The van der Waals surface area contributed by atoms with Gasteiger partial charge in [0, 0.05) is 13.1 Å². The summed E-state index contributed by atoms with van der Waals surface area (Å²) in [7, 11) is -1.53. The molecule has 0 aromatic carbocycles. The monoisotopic (exact) mass is 318 g/mol. The van der Waals surface area contributed by atoms with Gasteiger partial charge in [-0.2, -0.15) is 0 Å². The second-order valence-corrected chi connectivity index (χ2v) is 8.71. The van der Waals surface area contributed by atoms with Gasteiger partial charge in [0.2, 0.25) is 10.0 Å². The van der Waals surface area contributed by atoms with Crippen molar-refractivity contribution in [3.8, 4) is 0 Å². The highest BCUT2D eigenvalue weighted by atomic mass is 32.2. The molecule has 20 heavy (non-hydrogen) atoms. The van der Waals surface area contributed by atoms with E-state index in [1.165, 1.54) is 11.3 Å². The summed E-state index contributed by atoms with van der Waals surface area (Å²) in [4.78, 5) is 0. The van der Waals surface area contributed by atoms with E-state index < -0.39 is 10.0 Å². The Kier molecular flexibility index (Phi) is 6.64. The zero-order valence-corrected chi connectivity index (χ0v) is 14.6. The molecule has 0 saturated heterocycles. The molecule has 0 amide bonds. The van der Waals surface area contributed by atoms with Crippen LogP contribution < -0.4 is 10.0 Å². The van der Waals surface area contributed by atoms with Crippen LogP contribution in [-0.2, 0) is 16.6 Å². The molecule has 0 aliphatic carbocycles. The van der Waals surface area contributed by atoms with Gasteiger partial charge in [-0.25, -0.2) is 13.1 Å². The fraction of sp³-hybridized carbons (Fsp3) is 0.714. The second kappa shape index (κ2) is 7.54. The molecule has 0 aliphatic rings. The second-order valence-electron chi connectivity index (χ2n) is 5.81. The van der Waals surface area contributed by atoms with Gasteiger partial charge in [0.05, 0.1) is 0 Å². The van der Waals surface area contributed by atoms with Crippen LogP contribution in [0.4, 0.5) is 0 Å². The molecule has 0 bridgehead atoms. The van der Waals surface area contributed by atoms with E-state index in [-0.39, 0.29) is 0 Å². The molecule has 0 fully saturated rings. The molecule has 1 aromatic heterocycles. The molecular formula is C14H26N2O2S2. The lowest BCUT2D eigenvalue weighted by Gasteiger charge is -2.24. The Bertz CT molecular complexity index is 499. The van der Waals surface area contributed by atoms with E-state index in [1.54, 1.807) is 6.07 Å². The van der Waals surface area contributed by atoms with E-state index in [2.05, 4.69) is 37.7 Å². The predicted molar refractivity (Wildman–Crippen MR) is 85.4 cm³/mol. The molecule has 1 heterocycles. The summed E-state index contributed by atoms with van der Waals surface area (Å²) in [6, 6.07) is 1.74. The Morgan fingerprint density at radius 3 is 2.30 bits per heavy atom. The third-order valence-electron chi connectivity index (χ3n) is 3.50. The Morgan fingerprint density at radius 1 is 1.20 bits per heavy atom. The van der Waals surface area contributed by atoms with Crippen molar-refractivity contribution in [3.05, 3.63) is 17.0 Å². The van der Waals surface area contributed by atoms with Crippen LogP contribution >= 0.6 is 11.3 Å². The van der Waals surface area contributed by atoms with Gasteiger partial charge in [-0.05, 0) is 41.8 Å². The van der Waals surface area contributed by atoms with E-state index in [0.717, 1.165) is 5.56 Å². The fourth-order valence-corrected chi connectivity index (χ4v) is 4.64. The van der Waals surface area contributed by atoms with E-state index >= 15 is 0 Å². The zero-order chi connectivity index (χ0) is 15.3. The highest BCUT2D eigenvalue weighted by Gasteiger charge is 2.22. The van der Waals surface area contributed by atoms with Gasteiger partial charge in [0.15, 0.2) is 0 Å². The molecule has 1 aromatic rings. The first-order chi connectivity index (χ1) is 9.27. The number of nitrogens with one attached hydrogen (secondary N) is 2. The molecule has 0 radical (unpaired) electrons. The van der Waals surface area contributed by atoms with Crippen molar-refractivity contribution in [2.75, 3.05) is 13.6 Å². The minimum absolute atomic E-state index is 0.349. The van der Waals surface area contributed by atoms with Crippen molar-refractivity contribution < 1.29 is 8.42 Å². The number of hydrogen-bond donors (Lipinski definition) is 2. The normalized spacial score (nSPS) is 12.8. The summed E-state index contributed by atoms with van der Waals surface area (Å²) < 4.78 is 27.7. The van der Waals surface area contributed by atoms with Crippen LogP contribution in [0.2, 0.25) is 0 Å². The van der Waals surface area contributed by atoms with Crippen LogP contribution in [0.25, 0.3) is 0 Å². The summed E-state index contributed by atoms with van der Waals surface area (Å²) in [5.41, 5.74) is 1.00. The topological polar surface area (TPSA) is 58.2 Å². The number of hydrogen-bond acceptors (Lipinski definition) is 4. The summed E-state index contributed by atoms with van der Waals surface area (Å²) in [5, 5.41) is 4.90. The van der Waals surface area contributed by atoms with Gasteiger partial charge in [0.25, 0.3) is 0 Å². The highest BCUT2D eigenvalue weighted by Crippen LogP contribution is 2.23. The minimum atomic E-state index is -3.38. The van der Waals surface area contributed by atoms with Crippen molar-refractivity contribution in [3.63, 3.8) is 0 Å². The number of sulfonamides is 1. The quantitative estimate of drug-likeness (QED) is 0.775. The van der Waals surface area contributed by atoms with Crippen molar-refractivity contribution in [1.29, 1.82) is 0 Å². The SMILES string of the molecule is CNCc1csc(S(=O)(=O)NCC(C(C)C)C(C)C)c1. The van der Waals surface area contributed by atoms with Crippen molar-refractivity contribution in [1.82, 2.24) is 10.0 Å². The smallest absolute Gasteiger partial charge is 0.250 e. The van der Waals surface area contributed by atoms with E-state index in [1.807, 2.05) is 12.4 Å². The lowest BCUT2D eigenvalue weighted by molar-refractivity contribution is 0.289. The Labute approximate surface area is 127 Å². The summed E-state index contributed by atoms with van der Waals surface area (Å²) in [5.74, 6) is 1.27. The molecule has 0 saturated carbocycles. The average molecular weight is 319 g/mol. The molecule has 0 spiro atoms. The van der Waals surface area contributed by atoms with Crippen molar-refractivity contribution in [2.45, 2.75) is 38.4 Å². The van der Waals surface area contributed by atoms with Gasteiger partial charge in [0.1, 0.15) is 4.21 Å². The van der Waals surface area contributed by atoms with E-state index in [4.69, 9.17) is 0 Å². The van der Waals surface area contributed by atoms with Gasteiger partial charge >= 0.3 is 0 Å². The van der Waals surface area contributed by atoms with Crippen molar-refractivity contribution in [2.24, 2.45) is 17.8 Å². The fourth-order valence-electron chi connectivity index (χ4n) is 2.31. The third kappa shape index (κ3) is 4.84. The Morgan fingerprint density at radius 2 is 1.80 bits per heavy atom. The molecule has 4 nitrogen and oxygen atoms in total. The molecule has 0 atom stereocenters. The highest BCUT2D eigenvalue weighted by molar-refractivity contribution is 7.91. The first-order valence-electron chi connectivity index (χ1n) is 6.99. The maximum absolute atomic E-state index is 12.3. The van der Waals surface area contributed by atoms with Crippen LogP contribution in [0, 0.1) is 17.8 Å². The summed E-state index contributed by atoms with van der Waals surface area (Å²) in [6.45, 7) is 9.72. The average Bonchev–Trinajstić information content (AvgIpc) is 2.78. The maximum Gasteiger partial charge on any atom is 0.250 e. The van der Waals surface area contributed by atoms with Crippen LogP contribution in [0.5, 0.6) is 0 Å². The van der Waals surface area contributed by atoms with E-state index in [0.29, 0.717) is 35.1 Å². The van der Waals surface area contributed by atoms with Crippen LogP contribution in [-0.4, -0.2) is 22.0 Å². The maximum atomic E-state index is 12.3. The minimum Gasteiger partial charge on any atom is -0.316 e. The zero-order valence-electron chi connectivity index (χ0n) is 12.9.